The molecule has 1 aliphatic heterocycles. The highest BCUT2D eigenvalue weighted by Gasteiger charge is 2.27. The number of fused-ring (bicyclic) bond motifs is 1. The van der Waals surface area contributed by atoms with Gasteiger partial charge in [-0.1, -0.05) is 38.5 Å². The first-order chi connectivity index (χ1) is 9.11. The summed E-state index contributed by atoms with van der Waals surface area (Å²) in [7, 11) is 0. The molecule has 0 fully saturated rings. The monoisotopic (exact) mass is 263 g/mol. The molecule has 1 unspecified atom stereocenters. The first-order valence-electron chi connectivity index (χ1n) is 6.82. The van der Waals surface area contributed by atoms with Gasteiger partial charge in [0.15, 0.2) is 0 Å². The number of rotatable bonds is 6. The highest BCUT2D eigenvalue weighted by Crippen LogP contribution is 2.27. The van der Waals surface area contributed by atoms with Crippen molar-refractivity contribution < 1.29 is 14.6 Å². The number of carboxylic acid groups (broad SMARTS) is 1. The molecule has 4 nitrogen and oxygen atoms in total. The van der Waals surface area contributed by atoms with Crippen LogP contribution in [0.25, 0.3) is 0 Å². The molecular weight excluding hydrogens is 242 g/mol. The molecule has 2 N–H and O–H groups in total. The molecule has 1 aromatic carbocycles. The standard InChI is InChI=1S/C15H21NO3/c1-3-10(2)14(15(17)18)16-9-12-8-11-6-4-5-7-13(11)19-12/h4-7,10,12,14,16H,3,8-9H2,1-2H3,(H,17,18)/t10-,12?,14-/m0/s1. The van der Waals surface area contributed by atoms with Gasteiger partial charge in [-0.15, -0.1) is 0 Å². The van der Waals surface area contributed by atoms with Crippen LogP contribution in [0.3, 0.4) is 0 Å². The van der Waals surface area contributed by atoms with Gasteiger partial charge >= 0.3 is 5.97 Å². The molecule has 3 atom stereocenters. The number of benzene rings is 1. The molecule has 0 aromatic heterocycles. The Labute approximate surface area is 113 Å². The Morgan fingerprint density at radius 1 is 1.53 bits per heavy atom. The van der Waals surface area contributed by atoms with Gasteiger partial charge in [0.2, 0.25) is 0 Å². The fourth-order valence-electron chi connectivity index (χ4n) is 2.39. The number of ether oxygens (including phenoxy) is 1. The van der Waals surface area contributed by atoms with E-state index in [4.69, 9.17) is 4.74 Å². The van der Waals surface area contributed by atoms with Crippen molar-refractivity contribution in [3.63, 3.8) is 0 Å². The van der Waals surface area contributed by atoms with E-state index in [1.165, 1.54) is 5.56 Å². The molecule has 1 aliphatic rings. The number of para-hydroxylation sites is 1. The van der Waals surface area contributed by atoms with Gasteiger partial charge in [-0.25, -0.2) is 0 Å². The number of hydrogen-bond acceptors (Lipinski definition) is 3. The molecule has 104 valence electrons. The molecule has 0 spiro atoms. The highest BCUT2D eigenvalue weighted by molar-refractivity contribution is 5.73. The van der Waals surface area contributed by atoms with Gasteiger partial charge in [0.05, 0.1) is 0 Å². The minimum absolute atomic E-state index is 0.0308. The molecular formula is C15H21NO3. The van der Waals surface area contributed by atoms with Crippen molar-refractivity contribution >= 4 is 5.97 Å². The molecule has 0 radical (unpaired) electrons. The second-order valence-corrected chi connectivity index (χ2v) is 5.16. The van der Waals surface area contributed by atoms with E-state index in [1.54, 1.807) is 0 Å². The number of nitrogens with one attached hydrogen (secondary N) is 1. The van der Waals surface area contributed by atoms with Gasteiger partial charge in [0, 0.05) is 13.0 Å². The van der Waals surface area contributed by atoms with E-state index in [0.29, 0.717) is 6.54 Å². The summed E-state index contributed by atoms with van der Waals surface area (Å²) in [5.41, 5.74) is 1.20. The smallest absolute Gasteiger partial charge is 0.320 e. The Morgan fingerprint density at radius 3 is 2.89 bits per heavy atom. The van der Waals surface area contributed by atoms with E-state index in [9.17, 15) is 9.90 Å². The zero-order chi connectivity index (χ0) is 13.8. The quantitative estimate of drug-likeness (QED) is 0.825. The van der Waals surface area contributed by atoms with Crippen molar-refractivity contribution in [1.29, 1.82) is 0 Å². The zero-order valence-corrected chi connectivity index (χ0v) is 11.4. The Balaban J connectivity index is 1.88. The Bertz CT molecular complexity index is 422. The topological polar surface area (TPSA) is 58.6 Å². The Kier molecular flexibility index (Phi) is 4.43. The number of carboxylic acids is 1. The number of carbonyl (C=O) groups is 1. The van der Waals surface area contributed by atoms with Gasteiger partial charge in [0.1, 0.15) is 17.9 Å². The Morgan fingerprint density at radius 2 is 2.26 bits per heavy atom. The normalized spacial score (nSPS) is 20.4. The molecule has 0 aliphatic carbocycles. The summed E-state index contributed by atoms with van der Waals surface area (Å²) in [5.74, 6) is 0.246. The van der Waals surface area contributed by atoms with E-state index in [-0.39, 0.29) is 12.0 Å². The summed E-state index contributed by atoms with van der Waals surface area (Å²) < 4.78 is 5.80. The maximum atomic E-state index is 11.2. The van der Waals surface area contributed by atoms with Crippen LogP contribution in [0.15, 0.2) is 24.3 Å². The van der Waals surface area contributed by atoms with Crippen LogP contribution in [0, 0.1) is 5.92 Å². The number of hydrogen-bond donors (Lipinski definition) is 2. The first kappa shape index (κ1) is 13.9. The molecule has 19 heavy (non-hydrogen) atoms. The van der Waals surface area contributed by atoms with Crippen LogP contribution in [-0.2, 0) is 11.2 Å². The largest absolute Gasteiger partial charge is 0.488 e. The second-order valence-electron chi connectivity index (χ2n) is 5.16. The zero-order valence-electron chi connectivity index (χ0n) is 11.4. The van der Waals surface area contributed by atoms with Crippen molar-refractivity contribution in [2.75, 3.05) is 6.54 Å². The van der Waals surface area contributed by atoms with E-state index < -0.39 is 12.0 Å². The molecule has 1 heterocycles. The highest BCUT2D eigenvalue weighted by atomic mass is 16.5. The van der Waals surface area contributed by atoms with Crippen molar-refractivity contribution in [2.45, 2.75) is 38.8 Å². The van der Waals surface area contributed by atoms with E-state index in [0.717, 1.165) is 18.6 Å². The van der Waals surface area contributed by atoms with Gasteiger partial charge in [-0.05, 0) is 17.5 Å². The van der Waals surface area contributed by atoms with E-state index in [2.05, 4.69) is 11.4 Å². The third-order valence-corrected chi connectivity index (χ3v) is 3.76. The molecule has 0 saturated heterocycles. The maximum Gasteiger partial charge on any atom is 0.320 e. The second kappa shape index (κ2) is 6.06. The van der Waals surface area contributed by atoms with Crippen LogP contribution >= 0.6 is 0 Å². The van der Waals surface area contributed by atoms with E-state index in [1.807, 2.05) is 32.0 Å². The molecule has 2 rings (SSSR count). The summed E-state index contributed by atoms with van der Waals surface area (Å²) >= 11 is 0. The van der Waals surface area contributed by atoms with Crippen LogP contribution in [0.5, 0.6) is 5.75 Å². The molecule has 0 amide bonds. The maximum absolute atomic E-state index is 11.2. The lowest BCUT2D eigenvalue weighted by atomic mass is 9.99. The third-order valence-electron chi connectivity index (χ3n) is 3.76. The molecule has 1 aromatic rings. The first-order valence-corrected chi connectivity index (χ1v) is 6.82. The predicted molar refractivity (Wildman–Crippen MR) is 73.4 cm³/mol. The average Bonchev–Trinajstić information content (AvgIpc) is 2.80. The lowest BCUT2D eigenvalue weighted by molar-refractivity contribution is -0.140. The molecule has 0 saturated carbocycles. The average molecular weight is 263 g/mol. The summed E-state index contributed by atoms with van der Waals surface area (Å²) in [4.78, 5) is 11.2. The summed E-state index contributed by atoms with van der Waals surface area (Å²) in [6, 6.07) is 7.46. The predicted octanol–water partition coefficient (Wildman–Crippen LogP) is 2.08. The van der Waals surface area contributed by atoms with Crippen LogP contribution in [0.4, 0.5) is 0 Å². The minimum atomic E-state index is -0.787. The van der Waals surface area contributed by atoms with Crippen molar-refractivity contribution in [3.05, 3.63) is 29.8 Å². The lowest BCUT2D eigenvalue weighted by Crippen LogP contribution is -2.45. The van der Waals surface area contributed by atoms with Gasteiger partial charge in [0.25, 0.3) is 0 Å². The lowest BCUT2D eigenvalue weighted by Gasteiger charge is -2.22. The number of aliphatic carboxylic acids is 1. The van der Waals surface area contributed by atoms with Gasteiger partial charge < -0.3 is 15.2 Å². The molecule has 0 bridgehead atoms. The fourth-order valence-corrected chi connectivity index (χ4v) is 2.39. The van der Waals surface area contributed by atoms with Crippen molar-refractivity contribution in [3.8, 4) is 5.75 Å². The molecule has 4 heteroatoms. The third kappa shape index (κ3) is 3.26. The van der Waals surface area contributed by atoms with Crippen LogP contribution < -0.4 is 10.1 Å². The van der Waals surface area contributed by atoms with Crippen molar-refractivity contribution in [2.24, 2.45) is 5.92 Å². The Hall–Kier alpha value is -1.55. The fraction of sp³-hybridized carbons (Fsp3) is 0.533. The van der Waals surface area contributed by atoms with Crippen LogP contribution in [0.2, 0.25) is 0 Å². The van der Waals surface area contributed by atoms with Crippen molar-refractivity contribution in [1.82, 2.24) is 5.32 Å². The summed E-state index contributed by atoms with van der Waals surface area (Å²) in [5, 5.41) is 12.3. The summed E-state index contributed by atoms with van der Waals surface area (Å²) in [6.45, 7) is 4.52. The van der Waals surface area contributed by atoms with Crippen LogP contribution in [0.1, 0.15) is 25.8 Å². The SMILES string of the molecule is CC[C@H](C)[C@H](NCC1Cc2ccccc2O1)C(=O)O. The van der Waals surface area contributed by atoms with Gasteiger partial charge in [-0.3, -0.25) is 4.79 Å². The van der Waals surface area contributed by atoms with Crippen LogP contribution in [-0.4, -0.2) is 29.8 Å². The summed E-state index contributed by atoms with van der Waals surface area (Å²) in [6.07, 6.45) is 1.72. The van der Waals surface area contributed by atoms with E-state index >= 15 is 0 Å². The van der Waals surface area contributed by atoms with Gasteiger partial charge in [-0.2, -0.15) is 0 Å². The minimum Gasteiger partial charge on any atom is -0.488 e.